The number of rotatable bonds is 5. The van der Waals surface area contributed by atoms with E-state index in [2.05, 4.69) is 6.92 Å². The van der Waals surface area contributed by atoms with Crippen LogP contribution in [0.15, 0.2) is 12.2 Å². The van der Waals surface area contributed by atoms with Crippen LogP contribution >= 0.6 is 0 Å². The molecule has 0 saturated heterocycles. The van der Waals surface area contributed by atoms with Gasteiger partial charge in [0, 0.05) is 0 Å². The molecule has 0 bridgehead atoms. The molecule has 0 N–H and O–H groups in total. The largest absolute Gasteiger partial charge is 0.266 e. The van der Waals surface area contributed by atoms with Gasteiger partial charge in [-0.15, -0.1) is 0 Å². The van der Waals surface area contributed by atoms with Crippen LogP contribution in [0.1, 0.15) is 77.6 Å². The fourth-order valence-corrected chi connectivity index (χ4v) is 4.51. The fourth-order valence-electron chi connectivity index (χ4n) is 4.51. The summed E-state index contributed by atoms with van der Waals surface area (Å²) in [6, 6.07) is 0. The Balaban J connectivity index is 1.68. The Kier molecular flexibility index (Phi) is 6.51. The van der Waals surface area contributed by atoms with Gasteiger partial charge in [-0.05, 0) is 74.7 Å². The van der Waals surface area contributed by atoms with Gasteiger partial charge in [0.1, 0.15) is 0 Å². The van der Waals surface area contributed by atoms with Gasteiger partial charge in [0.05, 0.1) is 0 Å². The van der Waals surface area contributed by atoms with Crippen molar-refractivity contribution in [1.82, 2.24) is 0 Å². The Labute approximate surface area is 123 Å². The van der Waals surface area contributed by atoms with Crippen molar-refractivity contribution in [2.75, 3.05) is 0 Å². The summed E-state index contributed by atoms with van der Waals surface area (Å²) in [6.07, 6.45) is 13.6. The van der Waals surface area contributed by atoms with Crippen molar-refractivity contribution in [1.29, 1.82) is 0 Å². The average Bonchev–Trinajstić information content (AvgIpc) is 2.47. The van der Waals surface area contributed by atoms with Crippen LogP contribution < -0.4 is 0 Å². The zero-order chi connectivity index (χ0) is 14.4. The molecule has 2 heteroatoms. The molecular formula is C18H30F2. The van der Waals surface area contributed by atoms with Crippen LogP contribution in [-0.4, -0.2) is 0 Å². The van der Waals surface area contributed by atoms with Gasteiger partial charge in [-0.3, -0.25) is 0 Å². The van der Waals surface area contributed by atoms with E-state index >= 15 is 0 Å². The summed E-state index contributed by atoms with van der Waals surface area (Å²) in [5, 5.41) is 0. The third kappa shape index (κ3) is 4.86. The van der Waals surface area contributed by atoms with Gasteiger partial charge in [-0.25, -0.2) is 0 Å². The van der Waals surface area contributed by atoms with Crippen molar-refractivity contribution < 1.29 is 8.78 Å². The summed E-state index contributed by atoms with van der Waals surface area (Å²) in [5.74, 6) is 3.35. The third-order valence-electron chi connectivity index (χ3n) is 5.75. The average molecular weight is 284 g/mol. The van der Waals surface area contributed by atoms with Gasteiger partial charge < -0.3 is 0 Å². The summed E-state index contributed by atoms with van der Waals surface area (Å²) in [6.45, 7) is 2.29. The molecule has 0 unspecified atom stereocenters. The van der Waals surface area contributed by atoms with Gasteiger partial charge in [0.15, 0.2) is 0 Å². The zero-order valence-electron chi connectivity index (χ0n) is 12.9. The zero-order valence-corrected chi connectivity index (χ0v) is 12.9. The highest BCUT2D eigenvalue weighted by molar-refractivity contribution is 4.87. The summed E-state index contributed by atoms with van der Waals surface area (Å²) < 4.78 is 24.2. The van der Waals surface area contributed by atoms with Gasteiger partial charge in [0.25, 0.3) is 6.08 Å². The SMILES string of the molecule is CCCC1CCC(C2CCC(CC=C(F)F)CC2)CC1. The van der Waals surface area contributed by atoms with E-state index in [0.717, 1.165) is 23.8 Å². The Bertz CT molecular complexity index is 291. The molecule has 0 aromatic heterocycles. The Morgan fingerprint density at radius 1 is 0.850 bits per heavy atom. The molecule has 2 aliphatic carbocycles. The molecular weight excluding hydrogens is 254 g/mol. The predicted molar refractivity (Wildman–Crippen MR) is 80.7 cm³/mol. The minimum atomic E-state index is -1.50. The standard InChI is InChI=1S/C18H30F2/c1-2-3-14-4-9-16(10-5-14)17-11-6-15(7-12-17)8-13-18(19)20/h13-17H,2-12H2,1H3. The van der Waals surface area contributed by atoms with Crippen LogP contribution in [0.2, 0.25) is 0 Å². The lowest BCUT2D eigenvalue weighted by molar-refractivity contribution is 0.143. The maximum absolute atomic E-state index is 12.1. The Morgan fingerprint density at radius 3 is 1.80 bits per heavy atom. The molecule has 0 aromatic rings. The molecule has 2 saturated carbocycles. The number of hydrogen-bond acceptors (Lipinski definition) is 0. The molecule has 0 heterocycles. The normalized spacial score (nSPS) is 34.8. The van der Waals surface area contributed by atoms with Crippen LogP contribution in [0.5, 0.6) is 0 Å². The Hall–Kier alpha value is -0.400. The quantitative estimate of drug-likeness (QED) is 0.535. The van der Waals surface area contributed by atoms with E-state index < -0.39 is 6.08 Å². The summed E-state index contributed by atoms with van der Waals surface area (Å²) in [7, 11) is 0. The molecule has 0 atom stereocenters. The van der Waals surface area contributed by atoms with Crippen LogP contribution in [0.4, 0.5) is 8.78 Å². The first-order valence-corrected chi connectivity index (χ1v) is 8.70. The molecule has 2 aliphatic rings. The molecule has 0 aliphatic heterocycles. The van der Waals surface area contributed by atoms with Crippen LogP contribution in [0.3, 0.4) is 0 Å². The van der Waals surface area contributed by atoms with E-state index in [1.807, 2.05) is 0 Å². The number of halogens is 2. The lowest BCUT2D eigenvalue weighted by Gasteiger charge is -2.37. The highest BCUT2D eigenvalue weighted by Gasteiger charge is 2.30. The van der Waals surface area contributed by atoms with Crippen molar-refractivity contribution in [2.45, 2.75) is 77.6 Å². The second-order valence-electron chi connectivity index (χ2n) is 7.08. The lowest BCUT2D eigenvalue weighted by atomic mass is 9.68. The molecule has 2 rings (SSSR count). The Morgan fingerprint density at radius 2 is 1.35 bits per heavy atom. The first-order valence-electron chi connectivity index (χ1n) is 8.70. The highest BCUT2D eigenvalue weighted by atomic mass is 19.3. The second kappa shape index (κ2) is 8.14. The van der Waals surface area contributed by atoms with Crippen molar-refractivity contribution >= 4 is 0 Å². The van der Waals surface area contributed by atoms with Crippen molar-refractivity contribution in [2.24, 2.45) is 23.7 Å². The predicted octanol–water partition coefficient (Wildman–Crippen LogP) is 6.57. The van der Waals surface area contributed by atoms with Crippen molar-refractivity contribution in [3.8, 4) is 0 Å². The van der Waals surface area contributed by atoms with Gasteiger partial charge in [-0.2, -0.15) is 8.78 Å². The van der Waals surface area contributed by atoms with E-state index in [1.165, 1.54) is 64.2 Å². The minimum absolute atomic E-state index is 0.518. The minimum Gasteiger partial charge on any atom is -0.174 e. The summed E-state index contributed by atoms with van der Waals surface area (Å²) >= 11 is 0. The molecule has 0 spiro atoms. The summed E-state index contributed by atoms with van der Waals surface area (Å²) in [4.78, 5) is 0. The smallest absolute Gasteiger partial charge is 0.174 e. The molecule has 0 aromatic carbocycles. The van der Waals surface area contributed by atoms with Crippen LogP contribution in [0, 0.1) is 23.7 Å². The fraction of sp³-hybridized carbons (Fsp3) is 0.889. The molecule has 2 fully saturated rings. The van der Waals surface area contributed by atoms with Crippen molar-refractivity contribution in [3.63, 3.8) is 0 Å². The number of hydrogen-bond donors (Lipinski definition) is 0. The monoisotopic (exact) mass is 284 g/mol. The van der Waals surface area contributed by atoms with E-state index in [-0.39, 0.29) is 0 Å². The van der Waals surface area contributed by atoms with Gasteiger partial charge in [0.2, 0.25) is 0 Å². The number of allylic oxidation sites excluding steroid dienone is 1. The van der Waals surface area contributed by atoms with E-state index in [0.29, 0.717) is 12.3 Å². The van der Waals surface area contributed by atoms with E-state index in [1.54, 1.807) is 0 Å². The molecule has 0 amide bonds. The molecule has 0 radical (unpaired) electrons. The highest BCUT2D eigenvalue weighted by Crippen LogP contribution is 2.42. The summed E-state index contributed by atoms with van der Waals surface area (Å²) in [5.41, 5.74) is 0. The van der Waals surface area contributed by atoms with E-state index in [4.69, 9.17) is 0 Å². The maximum Gasteiger partial charge on any atom is 0.266 e. The van der Waals surface area contributed by atoms with Crippen LogP contribution in [-0.2, 0) is 0 Å². The second-order valence-corrected chi connectivity index (χ2v) is 7.08. The third-order valence-corrected chi connectivity index (χ3v) is 5.75. The van der Waals surface area contributed by atoms with Gasteiger partial charge in [-0.1, -0.05) is 32.6 Å². The lowest BCUT2D eigenvalue weighted by Crippen LogP contribution is -2.25. The van der Waals surface area contributed by atoms with Crippen LogP contribution in [0.25, 0.3) is 0 Å². The van der Waals surface area contributed by atoms with E-state index in [9.17, 15) is 8.78 Å². The van der Waals surface area contributed by atoms with Gasteiger partial charge >= 0.3 is 0 Å². The molecule has 116 valence electrons. The first kappa shape index (κ1) is 16.0. The maximum atomic E-state index is 12.1. The topological polar surface area (TPSA) is 0 Å². The molecule has 20 heavy (non-hydrogen) atoms. The molecule has 0 nitrogen and oxygen atoms in total. The van der Waals surface area contributed by atoms with Crippen molar-refractivity contribution in [3.05, 3.63) is 12.2 Å². The first-order chi connectivity index (χ1) is 9.69.